The van der Waals surface area contributed by atoms with Crippen LogP contribution in [0.25, 0.3) is 0 Å². The SMILES string of the molecule is COc1ccc(OCc2ccc(/C=N\NC(=O)c3ccc(NC(=O)c4ccccc4)cc3)o2)cc1. The van der Waals surface area contributed by atoms with Crippen molar-refractivity contribution in [2.75, 3.05) is 12.4 Å². The molecule has 2 N–H and O–H groups in total. The molecule has 0 saturated carbocycles. The highest BCUT2D eigenvalue weighted by atomic mass is 16.5. The van der Waals surface area contributed by atoms with E-state index in [1.165, 1.54) is 6.21 Å². The molecule has 4 rings (SSSR count). The number of carbonyl (C=O) groups excluding carboxylic acids is 2. The quantitative estimate of drug-likeness (QED) is 0.269. The third kappa shape index (κ3) is 6.58. The third-order valence-electron chi connectivity index (χ3n) is 4.92. The first-order chi connectivity index (χ1) is 17.1. The number of hydrazone groups is 1. The van der Waals surface area contributed by atoms with Gasteiger partial charge in [0.2, 0.25) is 0 Å². The lowest BCUT2D eigenvalue weighted by atomic mass is 10.2. The van der Waals surface area contributed by atoms with Gasteiger partial charge in [0.1, 0.15) is 29.6 Å². The van der Waals surface area contributed by atoms with Crippen LogP contribution in [0.5, 0.6) is 11.5 Å². The molecule has 3 aromatic carbocycles. The van der Waals surface area contributed by atoms with Gasteiger partial charge in [0.25, 0.3) is 11.8 Å². The van der Waals surface area contributed by atoms with E-state index >= 15 is 0 Å². The average molecular weight is 469 g/mol. The van der Waals surface area contributed by atoms with Crippen LogP contribution in [0.3, 0.4) is 0 Å². The number of ether oxygens (including phenoxy) is 2. The van der Waals surface area contributed by atoms with Crippen molar-refractivity contribution in [2.45, 2.75) is 6.61 Å². The fourth-order valence-corrected chi connectivity index (χ4v) is 3.08. The fourth-order valence-electron chi connectivity index (χ4n) is 3.08. The first kappa shape index (κ1) is 23.3. The van der Waals surface area contributed by atoms with Gasteiger partial charge in [-0.2, -0.15) is 5.10 Å². The average Bonchev–Trinajstić information content (AvgIpc) is 3.36. The number of nitrogens with one attached hydrogen (secondary N) is 2. The van der Waals surface area contributed by atoms with E-state index in [9.17, 15) is 9.59 Å². The van der Waals surface area contributed by atoms with Gasteiger partial charge >= 0.3 is 0 Å². The molecule has 0 aliphatic carbocycles. The first-order valence-electron chi connectivity index (χ1n) is 10.8. The molecule has 0 bridgehead atoms. The summed E-state index contributed by atoms with van der Waals surface area (Å²) >= 11 is 0. The summed E-state index contributed by atoms with van der Waals surface area (Å²) in [7, 11) is 1.61. The van der Waals surface area contributed by atoms with E-state index in [4.69, 9.17) is 13.9 Å². The lowest BCUT2D eigenvalue weighted by Crippen LogP contribution is -2.17. The van der Waals surface area contributed by atoms with Crippen molar-refractivity contribution in [3.8, 4) is 11.5 Å². The molecule has 0 atom stereocenters. The molecule has 0 saturated heterocycles. The van der Waals surface area contributed by atoms with Crippen molar-refractivity contribution >= 4 is 23.7 Å². The Hall–Kier alpha value is -4.85. The Morgan fingerprint density at radius 3 is 2.23 bits per heavy atom. The van der Waals surface area contributed by atoms with Crippen molar-refractivity contribution in [3.05, 3.63) is 114 Å². The fraction of sp³-hybridized carbons (Fsp3) is 0.0741. The van der Waals surface area contributed by atoms with Crippen LogP contribution < -0.4 is 20.2 Å². The van der Waals surface area contributed by atoms with Gasteiger partial charge in [0.05, 0.1) is 13.3 Å². The maximum atomic E-state index is 12.3. The monoisotopic (exact) mass is 469 g/mol. The third-order valence-corrected chi connectivity index (χ3v) is 4.92. The molecule has 8 heteroatoms. The minimum absolute atomic E-state index is 0.223. The highest BCUT2D eigenvalue weighted by molar-refractivity contribution is 6.04. The van der Waals surface area contributed by atoms with Crippen molar-refractivity contribution in [3.63, 3.8) is 0 Å². The minimum Gasteiger partial charge on any atom is -0.497 e. The second-order valence-electron chi connectivity index (χ2n) is 7.36. The highest BCUT2D eigenvalue weighted by Gasteiger charge is 2.08. The number of hydrogen-bond acceptors (Lipinski definition) is 6. The molecule has 0 fully saturated rings. The number of amides is 2. The molecule has 4 aromatic rings. The summed E-state index contributed by atoms with van der Waals surface area (Å²) in [6.07, 6.45) is 1.41. The van der Waals surface area contributed by atoms with Crippen molar-refractivity contribution < 1.29 is 23.5 Å². The first-order valence-corrected chi connectivity index (χ1v) is 10.8. The molecule has 1 heterocycles. The van der Waals surface area contributed by atoms with Gasteiger partial charge in [-0.1, -0.05) is 18.2 Å². The van der Waals surface area contributed by atoms with Gasteiger partial charge in [-0.05, 0) is 72.8 Å². The molecular weight excluding hydrogens is 446 g/mol. The molecule has 2 amide bonds. The Labute approximate surface area is 202 Å². The largest absolute Gasteiger partial charge is 0.497 e. The van der Waals surface area contributed by atoms with Gasteiger partial charge in [-0.15, -0.1) is 0 Å². The van der Waals surface area contributed by atoms with E-state index in [1.807, 2.05) is 30.3 Å². The lowest BCUT2D eigenvalue weighted by Gasteiger charge is -2.06. The zero-order valence-corrected chi connectivity index (χ0v) is 18.9. The van der Waals surface area contributed by atoms with Gasteiger partial charge in [0, 0.05) is 16.8 Å². The van der Waals surface area contributed by atoms with E-state index < -0.39 is 5.91 Å². The Morgan fingerprint density at radius 2 is 1.51 bits per heavy atom. The highest BCUT2D eigenvalue weighted by Crippen LogP contribution is 2.18. The normalized spacial score (nSPS) is 10.7. The molecule has 0 aliphatic heterocycles. The maximum Gasteiger partial charge on any atom is 0.271 e. The van der Waals surface area contributed by atoms with Gasteiger partial charge < -0.3 is 19.2 Å². The summed E-state index contributed by atoms with van der Waals surface area (Å²) in [5, 5.41) is 6.73. The number of furan rings is 1. The zero-order chi connectivity index (χ0) is 24.5. The number of carbonyl (C=O) groups is 2. The van der Waals surface area contributed by atoms with Crippen LogP contribution in [0, 0.1) is 0 Å². The molecule has 176 valence electrons. The lowest BCUT2D eigenvalue weighted by molar-refractivity contribution is 0.0954. The Balaban J connectivity index is 1.25. The number of anilines is 1. The molecule has 0 radical (unpaired) electrons. The second kappa shape index (κ2) is 11.3. The minimum atomic E-state index is -0.392. The molecule has 1 aromatic heterocycles. The zero-order valence-electron chi connectivity index (χ0n) is 18.9. The Bertz CT molecular complexity index is 1300. The predicted octanol–water partition coefficient (Wildman–Crippen LogP) is 4.88. The van der Waals surface area contributed by atoms with Gasteiger partial charge in [-0.3, -0.25) is 9.59 Å². The van der Waals surface area contributed by atoms with E-state index in [2.05, 4.69) is 15.8 Å². The predicted molar refractivity (Wildman–Crippen MR) is 132 cm³/mol. The van der Waals surface area contributed by atoms with Crippen LogP contribution in [0.1, 0.15) is 32.2 Å². The number of rotatable bonds is 9. The van der Waals surface area contributed by atoms with Gasteiger partial charge in [0.15, 0.2) is 0 Å². The maximum absolute atomic E-state index is 12.3. The van der Waals surface area contributed by atoms with E-state index in [-0.39, 0.29) is 12.5 Å². The van der Waals surface area contributed by atoms with Crippen molar-refractivity contribution in [1.82, 2.24) is 5.43 Å². The topological polar surface area (TPSA) is 102 Å². The molecular formula is C27H23N3O5. The van der Waals surface area contributed by atoms with Crippen molar-refractivity contribution in [2.24, 2.45) is 5.10 Å². The number of benzene rings is 3. The number of nitrogens with zero attached hydrogens (tertiary/aromatic N) is 1. The van der Waals surface area contributed by atoms with Crippen molar-refractivity contribution in [1.29, 1.82) is 0 Å². The number of methoxy groups -OCH3 is 1. The van der Waals surface area contributed by atoms with Crippen LogP contribution in [-0.4, -0.2) is 25.1 Å². The van der Waals surface area contributed by atoms with Crippen LogP contribution in [0.2, 0.25) is 0 Å². The van der Waals surface area contributed by atoms with E-state index in [0.29, 0.717) is 34.1 Å². The molecule has 35 heavy (non-hydrogen) atoms. The molecule has 8 nitrogen and oxygen atoms in total. The van der Waals surface area contributed by atoms with Crippen LogP contribution >= 0.6 is 0 Å². The Morgan fingerprint density at radius 1 is 0.829 bits per heavy atom. The summed E-state index contributed by atoms with van der Waals surface area (Å²) in [4.78, 5) is 24.5. The second-order valence-corrected chi connectivity index (χ2v) is 7.36. The van der Waals surface area contributed by atoms with E-state index in [1.54, 1.807) is 67.8 Å². The van der Waals surface area contributed by atoms with Crippen LogP contribution in [0.4, 0.5) is 5.69 Å². The standard InChI is InChI=1S/C27H23N3O5/c1-33-22-11-13-23(14-12-22)34-18-25-16-15-24(35-25)17-28-30-27(32)20-7-9-21(10-8-20)29-26(31)19-5-3-2-4-6-19/h2-17H,18H2,1H3,(H,29,31)(H,30,32)/b28-17-. The van der Waals surface area contributed by atoms with Crippen LogP contribution in [0.15, 0.2) is 101 Å². The summed E-state index contributed by atoms with van der Waals surface area (Å²) in [6.45, 7) is 0.250. The van der Waals surface area contributed by atoms with Gasteiger partial charge in [-0.25, -0.2) is 5.43 Å². The summed E-state index contributed by atoms with van der Waals surface area (Å²) in [5.74, 6) is 1.91. The summed E-state index contributed by atoms with van der Waals surface area (Å²) < 4.78 is 16.4. The van der Waals surface area contributed by atoms with E-state index in [0.717, 1.165) is 5.75 Å². The molecule has 0 unspecified atom stereocenters. The Kier molecular flexibility index (Phi) is 7.55. The summed E-state index contributed by atoms with van der Waals surface area (Å²) in [6, 6.07) is 26.1. The smallest absolute Gasteiger partial charge is 0.271 e. The number of hydrogen-bond donors (Lipinski definition) is 2. The molecule has 0 spiro atoms. The summed E-state index contributed by atoms with van der Waals surface area (Å²) in [5.41, 5.74) is 3.98. The molecule has 0 aliphatic rings. The van der Waals surface area contributed by atoms with Crippen LogP contribution in [-0.2, 0) is 6.61 Å².